The summed E-state index contributed by atoms with van der Waals surface area (Å²) in [5.41, 5.74) is 0.757. The summed E-state index contributed by atoms with van der Waals surface area (Å²) in [5.74, 6) is -0.326. The van der Waals surface area contributed by atoms with Crippen LogP contribution in [0.2, 0.25) is 0 Å². The second-order valence-corrected chi connectivity index (χ2v) is 8.58. The van der Waals surface area contributed by atoms with E-state index < -0.39 is 0 Å². The molecule has 0 fully saturated rings. The molecule has 0 aromatic carbocycles. The lowest BCUT2D eigenvalue weighted by atomic mass is 10.0. The van der Waals surface area contributed by atoms with Crippen molar-refractivity contribution in [3.05, 3.63) is 23.8 Å². The maximum Gasteiger partial charge on any atom is 0.330 e. The van der Waals surface area contributed by atoms with Crippen LogP contribution in [0.15, 0.2) is 23.8 Å². The van der Waals surface area contributed by atoms with E-state index in [4.69, 9.17) is 10.00 Å². The van der Waals surface area contributed by atoms with Crippen molar-refractivity contribution in [2.24, 2.45) is 0 Å². The van der Waals surface area contributed by atoms with Crippen LogP contribution in [0.1, 0.15) is 129 Å². The summed E-state index contributed by atoms with van der Waals surface area (Å²) < 4.78 is 5.05. The average Bonchev–Trinajstić information content (AvgIpc) is 2.74. The number of unbranched alkanes of at least 4 members (excludes halogenated alkanes) is 17. The largest absolute Gasteiger partial charge is 0.458 e. The minimum absolute atomic E-state index is 0.190. The van der Waals surface area contributed by atoms with E-state index in [-0.39, 0.29) is 12.6 Å². The number of nitrogens with zero attached hydrogens (tertiary/aromatic N) is 1. The van der Waals surface area contributed by atoms with Crippen molar-refractivity contribution >= 4 is 5.97 Å². The van der Waals surface area contributed by atoms with E-state index in [1.54, 1.807) is 6.92 Å². The summed E-state index contributed by atoms with van der Waals surface area (Å²) in [4.78, 5) is 11.5. The summed E-state index contributed by atoms with van der Waals surface area (Å²) in [7, 11) is 0. The van der Waals surface area contributed by atoms with Crippen LogP contribution < -0.4 is 0 Å². The predicted octanol–water partition coefficient (Wildman–Crippen LogP) is 8.60. The van der Waals surface area contributed by atoms with Gasteiger partial charge in [0.25, 0.3) is 0 Å². The Balaban J connectivity index is 3.25. The van der Waals surface area contributed by atoms with Crippen molar-refractivity contribution in [3.8, 4) is 6.07 Å². The van der Waals surface area contributed by atoms with Crippen LogP contribution >= 0.6 is 0 Å². The maximum atomic E-state index is 11.5. The minimum atomic E-state index is -0.326. The van der Waals surface area contributed by atoms with Crippen molar-refractivity contribution in [2.75, 3.05) is 6.61 Å². The van der Waals surface area contributed by atoms with E-state index in [2.05, 4.69) is 6.92 Å². The Bertz CT molecular complexity index is 488. The summed E-state index contributed by atoms with van der Waals surface area (Å²) in [6.07, 6.45) is 29.2. The fourth-order valence-corrected chi connectivity index (χ4v) is 3.55. The van der Waals surface area contributed by atoms with Gasteiger partial charge in [0.1, 0.15) is 6.61 Å². The predicted molar refractivity (Wildman–Crippen MR) is 128 cm³/mol. The molecule has 0 N–H and O–H groups in total. The third-order valence-electron chi connectivity index (χ3n) is 5.48. The molecule has 172 valence electrons. The third kappa shape index (κ3) is 22.7. The monoisotopic (exact) mass is 417 g/mol. The van der Waals surface area contributed by atoms with Gasteiger partial charge in [0.15, 0.2) is 0 Å². The second kappa shape index (κ2) is 23.7. The van der Waals surface area contributed by atoms with Gasteiger partial charge >= 0.3 is 5.97 Å². The molecule has 0 unspecified atom stereocenters. The molecule has 0 radical (unpaired) electrons. The van der Waals surface area contributed by atoms with Gasteiger partial charge < -0.3 is 4.74 Å². The zero-order valence-corrected chi connectivity index (χ0v) is 19.9. The number of hydrogen-bond acceptors (Lipinski definition) is 3. The molecule has 0 aliphatic heterocycles. The number of carbonyl (C=O) groups is 1. The molecule has 0 heterocycles. The van der Waals surface area contributed by atoms with Crippen molar-refractivity contribution < 1.29 is 9.53 Å². The average molecular weight is 418 g/mol. The van der Waals surface area contributed by atoms with Crippen LogP contribution in [-0.2, 0) is 9.53 Å². The Morgan fingerprint density at radius 2 is 1.20 bits per heavy atom. The molecule has 3 heteroatoms. The zero-order chi connectivity index (χ0) is 22.1. The molecule has 0 saturated heterocycles. The molecule has 0 amide bonds. The fraction of sp³-hybridized carbons (Fsp3) is 0.778. The lowest BCUT2D eigenvalue weighted by Crippen LogP contribution is -2.03. The Kier molecular flexibility index (Phi) is 22.5. The van der Waals surface area contributed by atoms with Crippen molar-refractivity contribution in [1.29, 1.82) is 5.26 Å². The number of hydrogen-bond donors (Lipinski definition) is 0. The molecule has 0 aliphatic carbocycles. The highest BCUT2D eigenvalue weighted by Gasteiger charge is 1.98. The summed E-state index contributed by atoms with van der Waals surface area (Å²) >= 11 is 0. The first kappa shape index (κ1) is 28.4. The summed E-state index contributed by atoms with van der Waals surface area (Å²) in [6.45, 7) is 4.25. The molecule has 30 heavy (non-hydrogen) atoms. The first-order valence-corrected chi connectivity index (χ1v) is 12.6. The van der Waals surface area contributed by atoms with Crippen molar-refractivity contribution in [1.82, 2.24) is 0 Å². The zero-order valence-electron chi connectivity index (χ0n) is 19.9. The van der Waals surface area contributed by atoms with Gasteiger partial charge in [-0.3, -0.25) is 0 Å². The fourth-order valence-electron chi connectivity index (χ4n) is 3.55. The third-order valence-corrected chi connectivity index (χ3v) is 5.48. The first-order chi connectivity index (χ1) is 14.7. The van der Waals surface area contributed by atoms with Gasteiger partial charge in [-0.1, -0.05) is 116 Å². The molecule has 0 aliphatic rings. The van der Waals surface area contributed by atoms with Gasteiger partial charge in [-0.25, -0.2) is 4.79 Å². The number of allylic oxidation sites excluding steroid dienone is 2. The summed E-state index contributed by atoms with van der Waals surface area (Å²) in [5, 5.41) is 8.50. The summed E-state index contributed by atoms with van der Waals surface area (Å²) in [6, 6.07) is 1.93. The van der Waals surface area contributed by atoms with Crippen molar-refractivity contribution in [2.45, 2.75) is 129 Å². The number of ether oxygens (including phenoxy) is 1. The van der Waals surface area contributed by atoms with Crippen molar-refractivity contribution in [3.63, 3.8) is 0 Å². The van der Waals surface area contributed by atoms with Crippen LogP contribution in [-0.4, -0.2) is 12.6 Å². The quantitative estimate of drug-likeness (QED) is 0.0812. The number of nitriles is 1. The molecule has 0 atom stereocenters. The van der Waals surface area contributed by atoms with Crippen LogP contribution in [0.3, 0.4) is 0 Å². The molecular formula is C27H47NO2. The van der Waals surface area contributed by atoms with E-state index in [1.165, 1.54) is 115 Å². The molecule has 0 spiro atoms. The SMILES string of the molecule is CCCCCCCCCCCCCCCCCCCC=CC(=O)OCC(C)=CC#N. The van der Waals surface area contributed by atoms with Gasteiger partial charge in [0, 0.05) is 12.2 Å². The van der Waals surface area contributed by atoms with Crippen LogP contribution in [0, 0.1) is 11.3 Å². The van der Waals surface area contributed by atoms with Gasteiger partial charge in [0.05, 0.1) is 6.07 Å². The highest BCUT2D eigenvalue weighted by molar-refractivity contribution is 5.81. The van der Waals surface area contributed by atoms with Gasteiger partial charge in [-0.05, 0) is 25.3 Å². The Morgan fingerprint density at radius 1 is 0.767 bits per heavy atom. The van der Waals surface area contributed by atoms with E-state index in [1.807, 2.05) is 12.1 Å². The highest BCUT2D eigenvalue weighted by atomic mass is 16.5. The molecule has 3 nitrogen and oxygen atoms in total. The highest BCUT2D eigenvalue weighted by Crippen LogP contribution is 2.14. The van der Waals surface area contributed by atoms with Gasteiger partial charge in [-0.15, -0.1) is 0 Å². The van der Waals surface area contributed by atoms with E-state index in [0.717, 1.165) is 18.4 Å². The van der Waals surface area contributed by atoms with Crippen LogP contribution in [0.4, 0.5) is 0 Å². The molecule has 0 saturated carbocycles. The Morgan fingerprint density at radius 3 is 1.63 bits per heavy atom. The smallest absolute Gasteiger partial charge is 0.330 e. The van der Waals surface area contributed by atoms with Crippen LogP contribution in [0.5, 0.6) is 0 Å². The molecular weight excluding hydrogens is 370 g/mol. The topological polar surface area (TPSA) is 50.1 Å². The minimum Gasteiger partial charge on any atom is -0.458 e. The lowest BCUT2D eigenvalue weighted by Gasteiger charge is -2.03. The van der Waals surface area contributed by atoms with Gasteiger partial charge in [0.2, 0.25) is 0 Å². The van der Waals surface area contributed by atoms with Crippen LogP contribution in [0.25, 0.3) is 0 Å². The maximum absolute atomic E-state index is 11.5. The lowest BCUT2D eigenvalue weighted by molar-refractivity contribution is -0.136. The van der Waals surface area contributed by atoms with E-state index in [0.29, 0.717) is 0 Å². The first-order valence-electron chi connectivity index (χ1n) is 12.6. The van der Waals surface area contributed by atoms with E-state index in [9.17, 15) is 4.79 Å². The molecule has 0 rings (SSSR count). The normalized spacial score (nSPS) is 11.7. The second-order valence-electron chi connectivity index (χ2n) is 8.58. The van der Waals surface area contributed by atoms with E-state index >= 15 is 0 Å². The number of rotatable bonds is 21. The number of esters is 1. The Labute approximate surface area is 187 Å². The Hall–Kier alpha value is -1.56. The number of carbonyl (C=O) groups excluding carboxylic acids is 1. The molecule has 0 aromatic heterocycles. The van der Waals surface area contributed by atoms with Gasteiger partial charge in [-0.2, -0.15) is 5.26 Å². The molecule has 0 aromatic rings. The standard InChI is InChI=1S/C27H47NO2/c1-3-4-5-6-7-8-9-10-11-12-13-14-15-16-17-18-19-20-21-22-27(29)30-25-26(2)23-24-28/h21-23H,3-20,25H2,1-2H3. The molecule has 0 bridgehead atoms.